The normalized spacial score (nSPS) is 10.2. The molecule has 1 radical (unpaired) electrons. The maximum absolute atomic E-state index is 11.5. The highest BCUT2D eigenvalue weighted by molar-refractivity contribution is 5.99. The predicted molar refractivity (Wildman–Crippen MR) is 85.7 cm³/mol. The Morgan fingerprint density at radius 3 is 2.23 bits per heavy atom. The summed E-state index contributed by atoms with van der Waals surface area (Å²) < 4.78 is 5.75. The summed E-state index contributed by atoms with van der Waals surface area (Å²) in [7, 11) is 0. The Bertz CT molecular complexity index is 780. The first-order valence-electron chi connectivity index (χ1n) is 6.88. The summed E-state index contributed by atoms with van der Waals surface area (Å²) in [5, 5.41) is 0. The highest BCUT2D eigenvalue weighted by Crippen LogP contribution is 2.27. The number of rotatable bonds is 4. The Morgan fingerprint density at radius 2 is 1.55 bits per heavy atom. The zero-order valence-electron chi connectivity index (χ0n) is 11.8. The van der Waals surface area contributed by atoms with Crippen molar-refractivity contribution in [2.45, 2.75) is 0 Å². The topological polar surface area (TPSA) is 52.3 Å². The number of nitrogens with two attached hydrogens (primary N) is 1. The van der Waals surface area contributed by atoms with Gasteiger partial charge in [-0.05, 0) is 41.5 Å². The Balaban J connectivity index is 1.87. The highest BCUT2D eigenvalue weighted by atomic mass is 16.5. The molecule has 0 saturated carbocycles. The Kier molecular flexibility index (Phi) is 3.88. The van der Waals surface area contributed by atoms with Crippen LogP contribution in [0.3, 0.4) is 0 Å². The molecule has 0 spiro atoms. The van der Waals surface area contributed by atoms with Crippen molar-refractivity contribution >= 4 is 5.91 Å². The minimum Gasteiger partial charge on any atom is -0.457 e. The average molecular weight is 288 g/mol. The van der Waals surface area contributed by atoms with E-state index in [1.807, 2.05) is 66.7 Å². The molecular weight excluding hydrogens is 274 g/mol. The maximum Gasteiger partial charge on any atom is 0.249 e. The van der Waals surface area contributed by atoms with E-state index in [1.54, 1.807) is 6.07 Å². The number of benzene rings is 3. The second-order valence-electron chi connectivity index (χ2n) is 4.76. The molecule has 0 bridgehead atoms. The lowest BCUT2D eigenvalue weighted by Gasteiger charge is -2.09. The number of hydrogen-bond acceptors (Lipinski definition) is 2. The minimum atomic E-state index is -0.486. The van der Waals surface area contributed by atoms with Crippen LogP contribution in [-0.4, -0.2) is 5.91 Å². The molecule has 0 fully saturated rings. The summed E-state index contributed by atoms with van der Waals surface area (Å²) in [6, 6.07) is 25.3. The summed E-state index contributed by atoms with van der Waals surface area (Å²) in [6.07, 6.45) is 0. The molecule has 0 heterocycles. The van der Waals surface area contributed by atoms with E-state index in [1.165, 1.54) is 0 Å². The molecule has 0 aliphatic heterocycles. The van der Waals surface area contributed by atoms with Crippen molar-refractivity contribution in [1.82, 2.24) is 0 Å². The van der Waals surface area contributed by atoms with E-state index in [-0.39, 0.29) is 0 Å². The van der Waals surface area contributed by atoms with E-state index in [4.69, 9.17) is 10.5 Å². The molecule has 3 aromatic rings. The van der Waals surface area contributed by atoms with Gasteiger partial charge in [-0.1, -0.05) is 48.5 Å². The van der Waals surface area contributed by atoms with Gasteiger partial charge >= 0.3 is 0 Å². The van der Waals surface area contributed by atoms with Gasteiger partial charge in [-0.15, -0.1) is 0 Å². The number of carbonyl (C=O) groups excluding carboxylic acids is 1. The van der Waals surface area contributed by atoms with E-state index >= 15 is 0 Å². The van der Waals surface area contributed by atoms with Crippen LogP contribution in [0.2, 0.25) is 0 Å². The van der Waals surface area contributed by atoms with Gasteiger partial charge in [0.1, 0.15) is 11.5 Å². The second-order valence-corrected chi connectivity index (χ2v) is 4.76. The fourth-order valence-corrected chi connectivity index (χ4v) is 2.21. The van der Waals surface area contributed by atoms with Crippen LogP contribution >= 0.6 is 0 Å². The number of primary amides is 1. The molecular formula is C19H14NO2. The molecule has 0 saturated heterocycles. The smallest absolute Gasteiger partial charge is 0.249 e. The van der Waals surface area contributed by atoms with Crippen LogP contribution in [0.4, 0.5) is 0 Å². The third-order valence-electron chi connectivity index (χ3n) is 3.25. The monoisotopic (exact) mass is 288 g/mol. The average Bonchev–Trinajstić information content (AvgIpc) is 2.56. The van der Waals surface area contributed by atoms with E-state index in [0.29, 0.717) is 5.56 Å². The number of hydrogen-bond donors (Lipinski definition) is 1. The molecule has 3 nitrogen and oxygen atoms in total. The first-order valence-corrected chi connectivity index (χ1v) is 6.88. The Hall–Kier alpha value is -3.07. The van der Waals surface area contributed by atoms with E-state index in [0.717, 1.165) is 22.6 Å². The summed E-state index contributed by atoms with van der Waals surface area (Å²) in [5.74, 6) is 1.02. The minimum absolute atomic E-state index is 0.388. The summed E-state index contributed by atoms with van der Waals surface area (Å²) in [5.41, 5.74) is 7.44. The first-order chi connectivity index (χ1) is 10.7. The standard InChI is InChI=1S/C19H14NO2/c20-19(21)18-9-5-4-8-17(18)14-10-12-16(13-11-14)22-15-6-2-1-3-7-15/h1-8,10-13H,(H2,20,21). The van der Waals surface area contributed by atoms with Gasteiger partial charge in [-0.25, -0.2) is 0 Å². The van der Waals surface area contributed by atoms with Crippen LogP contribution in [0.15, 0.2) is 72.8 Å². The zero-order valence-corrected chi connectivity index (χ0v) is 11.8. The van der Waals surface area contributed by atoms with Crippen molar-refractivity contribution in [3.63, 3.8) is 0 Å². The fourth-order valence-electron chi connectivity index (χ4n) is 2.21. The van der Waals surface area contributed by atoms with Crippen molar-refractivity contribution in [3.05, 3.63) is 84.4 Å². The largest absolute Gasteiger partial charge is 0.457 e. The van der Waals surface area contributed by atoms with Gasteiger partial charge in [0, 0.05) is 0 Å². The molecule has 3 heteroatoms. The van der Waals surface area contributed by atoms with Crippen LogP contribution in [0.1, 0.15) is 10.4 Å². The number of amides is 1. The molecule has 0 aromatic heterocycles. The SMILES string of the molecule is NC(=O)c1[c]cccc1-c1ccc(Oc2ccccc2)cc1. The summed E-state index contributed by atoms with van der Waals surface area (Å²) in [4.78, 5) is 11.5. The van der Waals surface area contributed by atoms with Gasteiger partial charge in [-0.3, -0.25) is 4.79 Å². The molecule has 3 rings (SSSR count). The molecule has 2 N–H and O–H groups in total. The van der Waals surface area contributed by atoms with Gasteiger partial charge in [0.05, 0.1) is 5.56 Å². The molecule has 3 aromatic carbocycles. The quantitative estimate of drug-likeness (QED) is 0.787. The molecule has 0 atom stereocenters. The lowest BCUT2D eigenvalue weighted by atomic mass is 9.99. The van der Waals surface area contributed by atoms with Crippen molar-refractivity contribution < 1.29 is 9.53 Å². The van der Waals surface area contributed by atoms with E-state index in [9.17, 15) is 4.79 Å². The van der Waals surface area contributed by atoms with Crippen LogP contribution in [-0.2, 0) is 0 Å². The van der Waals surface area contributed by atoms with Crippen molar-refractivity contribution in [1.29, 1.82) is 0 Å². The molecule has 0 unspecified atom stereocenters. The van der Waals surface area contributed by atoms with E-state index in [2.05, 4.69) is 6.07 Å². The van der Waals surface area contributed by atoms with Gasteiger partial charge in [0.15, 0.2) is 0 Å². The Labute approximate surface area is 129 Å². The van der Waals surface area contributed by atoms with Crippen LogP contribution in [0.25, 0.3) is 11.1 Å². The van der Waals surface area contributed by atoms with Crippen molar-refractivity contribution in [2.24, 2.45) is 5.73 Å². The van der Waals surface area contributed by atoms with Crippen LogP contribution in [0, 0.1) is 6.07 Å². The maximum atomic E-state index is 11.5. The van der Waals surface area contributed by atoms with Gasteiger partial charge < -0.3 is 10.5 Å². The number of carbonyl (C=O) groups is 1. The van der Waals surface area contributed by atoms with Crippen LogP contribution < -0.4 is 10.5 Å². The zero-order chi connectivity index (χ0) is 15.4. The van der Waals surface area contributed by atoms with Gasteiger partial charge in [-0.2, -0.15) is 0 Å². The molecule has 0 aliphatic carbocycles. The highest BCUT2D eigenvalue weighted by Gasteiger charge is 2.09. The van der Waals surface area contributed by atoms with Gasteiger partial charge in [0.2, 0.25) is 5.91 Å². The Morgan fingerprint density at radius 1 is 0.864 bits per heavy atom. The molecule has 0 aliphatic rings. The third kappa shape index (κ3) is 2.99. The first kappa shape index (κ1) is 13.9. The molecule has 107 valence electrons. The molecule has 1 amide bonds. The van der Waals surface area contributed by atoms with Crippen molar-refractivity contribution in [3.8, 4) is 22.6 Å². The van der Waals surface area contributed by atoms with Crippen LogP contribution in [0.5, 0.6) is 11.5 Å². The lowest BCUT2D eigenvalue weighted by Crippen LogP contribution is -2.12. The van der Waals surface area contributed by atoms with Gasteiger partial charge in [0.25, 0.3) is 0 Å². The predicted octanol–water partition coefficient (Wildman–Crippen LogP) is 4.04. The third-order valence-corrected chi connectivity index (χ3v) is 3.25. The lowest BCUT2D eigenvalue weighted by molar-refractivity contribution is 0.100. The number of ether oxygens (including phenoxy) is 1. The van der Waals surface area contributed by atoms with Crippen molar-refractivity contribution in [2.75, 3.05) is 0 Å². The summed E-state index contributed by atoms with van der Waals surface area (Å²) >= 11 is 0. The fraction of sp³-hybridized carbons (Fsp3) is 0. The molecule has 22 heavy (non-hydrogen) atoms. The van der Waals surface area contributed by atoms with E-state index < -0.39 is 5.91 Å². The summed E-state index contributed by atoms with van der Waals surface area (Å²) in [6.45, 7) is 0. The second kappa shape index (κ2) is 6.14. The number of para-hydroxylation sites is 1.